The number of Topliss-reactive ketones (excluding diaryl/α,β-unsaturated/α-hetero) is 1. The van der Waals surface area contributed by atoms with Crippen molar-refractivity contribution < 1.29 is 24.2 Å². The molecule has 6 nitrogen and oxygen atoms in total. The lowest BCUT2D eigenvalue weighted by Crippen LogP contribution is -2.29. The fourth-order valence-electron chi connectivity index (χ4n) is 3.93. The van der Waals surface area contributed by atoms with Gasteiger partial charge in [0.1, 0.15) is 17.3 Å². The van der Waals surface area contributed by atoms with E-state index < -0.39 is 17.7 Å². The minimum atomic E-state index is -0.964. The highest BCUT2D eigenvalue weighted by molar-refractivity contribution is 6.52. The summed E-state index contributed by atoms with van der Waals surface area (Å²) < 4.78 is 10.9. The van der Waals surface area contributed by atoms with E-state index in [9.17, 15) is 14.7 Å². The summed E-state index contributed by atoms with van der Waals surface area (Å²) >= 11 is 6.34. The van der Waals surface area contributed by atoms with Crippen LogP contribution in [0.5, 0.6) is 11.5 Å². The van der Waals surface area contributed by atoms with Gasteiger partial charge in [-0.15, -0.1) is 0 Å². The Morgan fingerprint density at radius 2 is 1.70 bits per heavy atom. The average Bonchev–Trinajstić information content (AvgIpc) is 3.10. The monoisotopic (exact) mass is 463 g/mol. The van der Waals surface area contributed by atoms with Crippen molar-refractivity contribution in [2.75, 3.05) is 19.1 Å². The molecule has 33 heavy (non-hydrogen) atoms. The van der Waals surface area contributed by atoms with E-state index in [2.05, 4.69) is 0 Å². The zero-order chi connectivity index (χ0) is 23.7. The van der Waals surface area contributed by atoms with Gasteiger partial charge in [0.05, 0.1) is 25.8 Å². The molecule has 1 aliphatic heterocycles. The summed E-state index contributed by atoms with van der Waals surface area (Å²) in [7, 11) is 3.02. The van der Waals surface area contributed by atoms with Gasteiger partial charge in [0.15, 0.2) is 0 Å². The first-order valence-corrected chi connectivity index (χ1v) is 10.6. The van der Waals surface area contributed by atoms with Crippen molar-refractivity contribution in [2.45, 2.75) is 13.0 Å². The molecule has 3 aromatic rings. The van der Waals surface area contributed by atoms with E-state index in [1.54, 1.807) is 66.7 Å². The molecule has 1 heterocycles. The number of methoxy groups -OCH3 is 2. The molecule has 0 unspecified atom stereocenters. The number of aliphatic hydroxyl groups excluding tert-OH is 1. The molecule has 1 saturated heterocycles. The number of nitrogens with zero attached hydrogens (tertiary/aromatic N) is 1. The SMILES string of the molecule is COc1ccc(OC)c([C@H]2/C(=C(\O)c3ccccc3)C(=O)C(=O)N2c2ccc(C)c(Cl)c2)c1. The molecule has 3 aromatic carbocycles. The topological polar surface area (TPSA) is 76.1 Å². The first-order valence-electron chi connectivity index (χ1n) is 10.2. The molecule has 7 heteroatoms. The number of aryl methyl sites for hydroxylation is 1. The fourth-order valence-corrected chi connectivity index (χ4v) is 4.10. The average molecular weight is 464 g/mol. The number of ether oxygens (including phenoxy) is 2. The maximum absolute atomic E-state index is 13.3. The maximum atomic E-state index is 13.3. The van der Waals surface area contributed by atoms with E-state index in [-0.39, 0.29) is 11.3 Å². The normalized spacial score (nSPS) is 17.3. The highest BCUT2D eigenvalue weighted by Gasteiger charge is 2.48. The third kappa shape index (κ3) is 3.94. The second-order valence-corrected chi connectivity index (χ2v) is 7.98. The van der Waals surface area contributed by atoms with Gasteiger partial charge in [0, 0.05) is 21.8 Å². The van der Waals surface area contributed by atoms with Crippen LogP contribution in [0.25, 0.3) is 5.76 Å². The molecule has 1 aliphatic rings. The standard InChI is InChI=1S/C26H22ClNO5/c1-15-9-10-17(13-20(15)27)28-23(19-14-18(32-2)11-12-21(19)33-3)22(25(30)26(28)31)24(29)16-7-5-4-6-8-16/h4-14,23,29H,1-3H3/b24-22+/t23-/m0/s1. The van der Waals surface area contributed by atoms with Crippen molar-refractivity contribution in [1.82, 2.24) is 0 Å². The Hall–Kier alpha value is -3.77. The van der Waals surface area contributed by atoms with E-state index in [0.29, 0.717) is 33.3 Å². The van der Waals surface area contributed by atoms with Crippen LogP contribution in [0.2, 0.25) is 5.02 Å². The summed E-state index contributed by atoms with van der Waals surface area (Å²) in [5.74, 6) is -0.905. The molecule has 0 spiro atoms. The predicted octanol–water partition coefficient (Wildman–Crippen LogP) is 5.29. The number of amides is 1. The number of rotatable bonds is 5. The maximum Gasteiger partial charge on any atom is 0.300 e. The van der Waals surface area contributed by atoms with Crippen LogP contribution in [0.4, 0.5) is 5.69 Å². The van der Waals surface area contributed by atoms with Crippen LogP contribution >= 0.6 is 11.6 Å². The number of carbonyl (C=O) groups is 2. The van der Waals surface area contributed by atoms with Crippen LogP contribution in [-0.4, -0.2) is 31.0 Å². The van der Waals surface area contributed by atoms with E-state index in [0.717, 1.165) is 5.56 Å². The number of halogens is 1. The van der Waals surface area contributed by atoms with Crippen LogP contribution in [0.3, 0.4) is 0 Å². The van der Waals surface area contributed by atoms with Gasteiger partial charge in [-0.1, -0.05) is 48.0 Å². The van der Waals surface area contributed by atoms with Crippen LogP contribution in [0.15, 0.2) is 72.3 Å². The Kier molecular flexibility index (Phi) is 6.11. The number of hydrogen-bond acceptors (Lipinski definition) is 5. The van der Waals surface area contributed by atoms with Crippen molar-refractivity contribution in [1.29, 1.82) is 0 Å². The molecular formula is C26H22ClNO5. The van der Waals surface area contributed by atoms with Gasteiger partial charge in [-0.3, -0.25) is 14.5 Å². The quantitative estimate of drug-likeness (QED) is 0.316. The van der Waals surface area contributed by atoms with E-state index >= 15 is 0 Å². The zero-order valence-electron chi connectivity index (χ0n) is 18.3. The number of carbonyl (C=O) groups excluding carboxylic acids is 2. The minimum Gasteiger partial charge on any atom is -0.507 e. The van der Waals surface area contributed by atoms with E-state index in [4.69, 9.17) is 21.1 Å². The summed E-state index contributed by atoms with van der Waals surface area (Å²) in [5.41, 5.74) is 2.12. The number of ketones is 1. The highest BCUT2D eigenvalue weighted by atomic mass is 35.5. The molecule has 1 amide bonds. The van der Waals surface area contributed by atoms with Gasteiger partial charge in [-0.05, 0) is 42.8 Å². The molecule has 1 atom stereocenters. The Morgan fingerprint density at radius 3 is 2.33 bits per heavy atom. The van der Waals surface area contributed by atoms with Crippen LogP contribution in [-0.2, 0) is 9.59 Å². The molecule has 168 valence electrons. The van der Waals surface area contributed by atoms with Gasteiger partial charge in [-0.25, -0.2) is 0 Å². The van der Waals surface area contributed by atoms with Gasteiger partial charge >= 0.3 is 0 Å². The van der Waals surface area contributed by atoms with E-state index in [1.165, 1.54) is 19.1 Å². The summed E-state index contributed by atoms with van der Waals surface area (Å²) in [5, 5.41) is 11.6. The van der Waals surface area contributed by atoms with Gasteiger partial charge in [0.25, 0.3) is 11.7 Å². The first kappa shape index (κ1) is 22.4. The molecule has 0 aliphatic carbocycles. The van der Waals surface area contributed by atoms with Crippen LogP contribution < -0.4 is 14.4 Å². The summed E-state index contributed by atoms with van der Waals surface area (Å²) in [6, 6.07) is 17.9. The third-order valence-corrected chi connectivity index (χ3v) is 6.06. The number of anilines is 1. The second kappa shape index (κ2) is 9.00. The van der Waals surface area contributed by atoms with Gasteiger partial charge in [0.2, 0.25) is 0 Å². The van der Waals surface area contributed by atoms with E-state index in [1.807, 2.05) is 6.92 Å². The lowest BCUT2D eigenvalue weighted by Gasteiger charge is -2.27. The molecule has 0 saturated carbocycles. The van der Waals surface area contributed by atoms with Crippen molar-refractivity contribution in [3.8, 4) is 11.5 Å². The second-order valence-electron chi connectivity index (χ2n) is 7.58. The summed E-state index contributed by atoms with van der Waals surface area (Å²) in [6.45, 7) is 1.85. The zero-order valence-corrected chi connectivity index (χ0v) is 19.1. The highest BCUT2D eigenvalue weighted by Crippen LogP contribution is 2.46. The Balaban J connectivity index is 2.02. The van der Waals surface area contributed by atoms with Crippen molar-refractivity contribution in [3.63, 3.8) is 0 Å². The minimum absolute atomic E-state index is 0.0468. The third-order valence-electron chi connectivity index (χ3n) is 5.66. The number of benzene rings is 3. The van der Waals surface area contributed by atoms with Crippen molar-refractivity contribution in [2.24, 2.45) is 0 Å². The van der Waals surface area contributed by atoms with Crippen molar-refractivity contribution in [3.05, 3.63) is 94.0 Å². The van der Waals surface area contributed by atoms with Gasteiger partial charge < -0.3 is 14.6 Å². The predicted molar refractivity (Wildman–Crippen MR) is 127 cm³/mol. The fraction of sp³-hybridized carbons (Fsp3) is 0.154. The molecule has 1 N–H and O–H groups in total. The number of hydrogen-bond donors (Lipinski definition) is 1. The Bertz CT molecular complexity index is 1270. The Morgan fingerprint density at radius 1 is 0.970 bits per heavy atom. The molecular weight excluding hydrogens is 442 g/mol. The lowest BCUT2D eigenvalue weighted by atomic mass is 9.94. The molecule has 1 fully saturated rings. The largest absolute Gasteiger partial charge is 0.507 e. The molecule has 0 aromatic heterocycles. The summed E-state index contributed by atoms with van der Waals surface area (Å²) in [6.07, 6.45) is 0. The van der Waals surface area contributed by atoms with Gasteiger partial charge in [-0.2, -0.15) is 0 Å². The summed E-state index contributed by atoms with van der Waals surface area (Å²) in [4.78, 5) is 27.9. The lowest BCUT2D eigenvalue weighted by molar-refractivity contribution is -0.132. The van der Waals surface area contributed by atoms with Crippen LogP contribution in [0.1, 0.15) is 22.7 Å². The smallest absolute Gasteiger partial charge is 0.300 e. The molecule has 0 radical (unpaired) electrons. The van der Waals surface area contributed by atoms with Crippen LogP contribution in [0, 0.1) is 6.92 Å². The molecule has 0 bridgehead atoms. The first-order chi connectivity index (χ1) is 15.9. The Labute approximate surface area is 196 Å². The van der Waals surface area contributed by atoms with Crippen molar-refractivity contribution >= 4 is 34.7 Å². The number of aliphatic hydroxyl groups is 1. The molecule has 4 rings (SSSR count).